The van der Waals surface area contributed by atoms with Gasteiger partial charge < -0.3 is 14.5 Å². The Hall–Kier alpha value is -2.56. The van der Waals surface area contributed by atoms with Gasteiger partial charge in [0.15, 0.2) is 0 Å². The smallest absolute Gasteiger partial charge is 0.243 e. The molecule has 2 rings (SSSR count). The van der Waals surface area contributed by atoms with Crippen LogP contribution in [0.3, 0.4) is 0 Å². The first kappa shape index (κ1) is 15.8. The van der Waals surface area contributed by atoms with Gasteiger partial charge in [-0.05, 0) is 38.1 Å². The van der Waals surface area contributed by atoms with Crippen molar-refractivity contribution in [3.8, 4) is 17.2 Å². The van der Waals surface area contributed by atoms with Crippen molar-refractivity contribution in [2.24, 2.45) is 0 Å². The van der Waals surface area contributed by atoms with Crippen LogP contribution in [-0.2, 0) is 11.2 Å². The van der Waals surface area contributed by atoms with E-state index in [1.165, 1.54) is 0 Å². The largest absolute Gasteiger partial charge is 0.497 e. The predicted molar refractivity (Wildman–Crippen MR) is 84.6 cm³/mol. The number of benzene rings is 1. The molecular weight excluding hydrogens is 280 g/mol. The third-order valence-electron chi connectivity index (χ3n) is 2.99. The lowest BCUT2D eigenvalue weighted by atomic mass is 10.2. The van der Waals surface area contributed by atoms with E-state index in [2.05, 4.69) is 10.3 Å². The highest BCUT2D eigenvalue weighted by Gasteiger charge is 2.07. The highest BCUT2D eigenvalue weighted by molar-refractivity contribution is 5.87. The van der Waals surface area contributed by atoms with Crippen molar-refractivity contribution in [1.82, 2.24) is 10.3 Å². The molecular formula is C17H20N2O3. The average Bonchev–Trinajstić information content (AvgIpc) is 2.95. The molecule has 0 unspecified atom stereocenters. The van der Waals surface area contributed by atoms with E-state index in [0.717, 1.165) is 22.6 Å². The van der Waals surface area contributed by atoms with Crippen LogP contribution in [0.25, 0.3) is 11.5 Å². The Labute approximate surface area is 130 Å². The molecule has 0 radical (unpaired) electrons. The van der Waals surface area contributed by atoms with Gasteiger partial charge in [0.25, 0.3) is 0 Å². The average molecular weight is 300 g/mol. The van der Waals surface area contributed by atoms with E-state index in [1.54, 1.807) is 19.4 Å². The van der Waals surface area contributed by atoms with Gasteiger partial charge >= 0.3 is 0 Å². The van der Waals surface area contributed by atoms with Gasteiger partial charge in [-0.2, -0.15) is 0 Å². The molecule has 0 aliphatic rings. The Morgan fingerprint density at radius 2 is 2.05 bits per heavy atom. The minimum Gasteiger partial charge on any atom is -0.497 e. The van der Waals surface area contributed by atoms with Crippen LogP contribution >= 0.6 is 0 Å². The Kier molecular flexibility index (Phi) is 5.36. The summed E-state index contributed by atoms with van der Waals surface area (Å²) in [6, 6.07) is 7.51. The highest BCUT2D eigenvalue weighted by atomic mass is 16.5. The van der Waals surface area contributed by atoms with Crippen molar-refractivity contribution in [2.75, 3.05) is 13.7 Å². The van der Waals surface area contributed by atoms with Crippen molar-refractivity contribution < 1.29 is 13.9 Å². The fourth-order valence-corrected chi connectivity index (χ4v) is 1.91. The van der Waals surface area contributed by atoms with Crippen molar-refractivity contribution in [3.63, 3.8) is 0 Å². The third kappa shape index (κ3) is 4.48. The molecule has 0 atom stereocenters. The van der Waals surface area contributed by atoms with Crippen molar-refractivity contribution in [1.29, 1.82) is 0 Å². The number of ether oxygens (including phenoxy) is 1. The SMILES string of the molecule is COc1ccc(-c2nc(CCNC(=O)C=C(C)C)co2)cc1. The fraction of sp³-hybridized carbons (Fsp3) is 0.294. The van der Waals surface area contributed by atoms with Crippen LogP contribution < -0.4 is 10.1 Å². The molecule has 0 spiro atoms. The quantitative estimate of drug-likeness (QED) is 0.833. The number of aromatic nitrogens is 1. The van der Waals surface area contributed by atoms with E-state index < -0.39 is 0 Å². The second kappa shape index (κ2) is 7.45. The second-order valence-electron chi connectivity index (χ2n) is 5.14. The summed E-state index contributed by atoms with van der Waals surface area (Å²) in [7, 11) is 1.63. The first-order chi connectivity index (χ1) is 10.6. The number of amides is 1. The first-order valence-electron chi connectivity index (χ1n) is 7.10. The van der Waals surface area contributed by atoms with Gasteiger partial charge in [-0.3, -0.25) is 4.79 Å². The monoisotopic (exact) mass is 300 g/mol. The van der Waals surface area contributed by atoms with Gasteiger partial charge in [0, 0.05) is 24.6 Å². The van der Waals surface area contributed by atoms with Gasteiger partial charge in [-0.1, -0.05) is 5.57 Å². The standard InChI is InChI=1S/C17H20N2O3/c1-12(2)10-16(20)18-9-8-14-11-22-17(19-14)13-4-6-15(21-3)7-5-13/h4-7,10-11H,8-9H2,1-3H3,(H,18,20). The number of oxazole rings is 1. The lowest BCUT2D eigenvalue weighted by Crippen LogP contribution is -2.23. The van der Waals surface area contributed by atoms with Gasteiger partial charge in [0.2, 0.25) is 11.8 Å². The number of nitrogens with one attached hydrogen (secondary N) is 1. The number of rotatable bonds is 6. The molecule has 116 valence electrons. The van der Waals surface area contributed by atoms with Crippen LogP contribution in [0.2, 0.25) is 0 Å². The molecule has 0 bridgehead atoms. The zero-order valence-corrected chi connectivity index (χ0v) is 13.1. The molecule has 0 fully saturated rings. The van der Waals surface area contributed by atoms with Crippen LogP contribution in [0.4, 0.5) is 0 Å². The minimum absolute atomic E-state index is 0.0844. The normalized spacial score (nSPS) is 10.1. The molecule has 1 aromatic carbocycles. The zero-order valence-electron chi connectivity index (χ0n) is 13.1. The first-order valence-corrected chi connectivity index (χ1v) is 7.10. The summed E-state index contributed by atoms with van der Waals surface area (Å²) in [4.78, 5) is 15.9. The van der Waals surface area contributed by atoms with Gasteiger partial charge in [-0.15, -0.1) is 0 Å². The molecule has 0 aliphatic carbocycles. The van der Waals surface area contributed by atoms with E-state index >= 15 is 0 Å². The molecule has 22 heavy (non-hydrogen) atoms. The Morgan fingerprint density at radius 1 is 1.32 bits per heavy atom. The molecule has 2 aromatic rings. The topological polar surface area (TPSA) is 64.4 Å². The minimum atomic E-state index is -0.0844. The zero-order chi connectivity index (χ0) is 15.9. The van der Waals surface area contributed by atoms with Crippen LogP contribution in [0.5, 0.6) is 5.75 Å². The molecule has 1 N–H and O–H groups in total. The Balaban J connectivity index is 1.91. The van der Waals surface area contributed by atoms with E-state index in [1.807, 2.05) is 38.1 Å². The lowest BCUT2D eigenvalue weighted by Gasteiger charge is -2.00. The second-order valence-corrected chi connectivity index (χ2v) is 5.14. The number of carbonyl (C=O) groups is 1. The summed E-state index contributed by atoms with van der Waals surface area (Å²) >= 11 is 0. The van der Waals surface area contributed by atoms with Crippen LogP contribution in [0, 0.1) is 0 Å². The number of methoxy groups -OCH3 is 1. The Morgan fingerprint density at radius 3 is 2.68 bits per heavy atom. The molecule has 1 aromatic heterocycles. The maximum Gasteiger partial charge on any atom is 0.243 e. The summed E-state index contributed by atoms with van der Waals surface area (Å²) in [6.07, 6.45) is 3.82. The number of hydrogen-bond donors (Lipinski definition) is 1. The van der Waals surface area contributed by atoms with Crippen LogP contribution in [-0.4, -0.2) is 24.5 Å². The molecule has 0 saturated heterocycles. The fourth-order valence-electron chi connectivity index (χ4n) is 1.91. The molecule has 1 heterocycles. The highest BCUT2D eigenvalue weighted by Crippen LogP contribution is 2.21. The summed E-state index contributed by atoms with van der Waals surface area (Å²) in [5.41, 5.74) is 2.67. The van der Waals surface area contributed by atoms with Crippen LogP contribution in [0.15, 0.2) is 46.6 Å². The van der Waals surface area contributed by atoms with Gasteiger partial charge in [0.05, 0.1) is 12.8 Å². The summed E-state index contributed by atoms with van der Waals surface area (Å²) in [5.74, 6) is 1.27. The predicted octanol–water partition coefficient (Wildman–Crippen LogP) is 2.98. The van der Waals surface area contributed by atoms with Crippen molar-refractivity contribution >= 4 is 5.91 Å². The van der Waals surface area contributed by atoms with Crippen molar-refractivity contribution in [2.45, 2.75) is 20.3 Å². The summed E-state index contributed by atoms with van der Waals surface area (Å²) in [6.45, 7) is 4.30. The summed E-state index contributed by atoms with van der Waals surface area (Å²) < 4.78 is 10.6. The number of carbonyl (C=O) groups excluding carboxylic acids is 1. The lowest BCUT2D eigenvalue weighted by molar-refractivity contribution is -0.116. The Bertz CT molecular complexity index is 653. The van der Waals surface area contributed by atoms with Crippen LogP contribution in [0.1, 0.15) is 19.5 Å². The molecule has 0 saturated carbocycles. The van der Waals surface area contributed by atoms with E-state index in [0.29, 0.717) is 18.9 Å². The third-order valence-corrected chi connectivity index (χ3v) is 2.99. The number of nitrogens with zero attached hydrogens (tertiary/aromatic N) is 1. The molecule has 5 nitrogen and oxygen atoms in total. The van der Waals surface area contributed by atoms with E-state index in [-0.39, 0.29) is 5.91 Å². The number of hydrogen-bond acceptors (Lipinski definition) is 4. The van der Waals surface area contributed by atoms with Gasteiger partial charge in [-0.25, -0.2) is 4.98 Å². The van der Waals surface area contributed by atoms with E-state index in [4.69, 9.17) is 9.15 Å². The maximum absolute atomic E-state index is 11.5. The molecule has 5 heteroatoms. The molecule has 1 amide bonds. The van der Waals surface area contributed by atoms with Crippen molar-refractivity contribution in [3.05, 3.63) is 47.9 Å². The number of allylic oxidation sites excluding steroid dienone is 1. The maximum atomic E-state index is 11.5. The van der Waals surface area contributed by atoms with Gasteiger partial charge in [0.1, 0.15) is 12.0 Å². The summed E-state index contributed by atoms with van der Waals surface area (Å²) in [5, 5.41) is 2.81. The molecule has 0 aliphatic heterocycles. The van der Waals surface area contributed by atoms with E-state index in [9.17, 15) is 4.79 Å².